The van der Waals surface area contributed by atoms with Crippen molar-refractivity contribution in [1.82, 2.24) is 5.32 Å². The maximum absolute atomic E-state index is 11.4. The first-order valence-corrected chi connectivity index (χ1v) is 8.98. The monoisotopic (exact) mass is 387 g/mol. The summed E-state index contributed by atoms with van der Waals surface area (Å²) in [6.45, 7) is 0.812. The molecule has 27 heavy (non-hydrogen) atoms. The summed E-state index contributed by atoms with van der Waals surface area (Å²) in [5, 5.41) is 6.00. The van der Waals surface area contributed by atoms with Gasteiger partial charge in [-0.15, -0.1) is 11.6 Å². The van der Waals surface area contributed by atoms with Crippen molar-refractivity contribution in [3.05, 3.63) is 47.5 Å². The summed E-state index contributed by atoms with van der Waals surface area (Å²) in [4.78, 5) is 15.9. The normalized spacial score (nSPS) is 17.0. The molecule has 2 N–H and O–H groups in total. The van der Waals surface area contributed by atoms with Crippen LogP contribution in [0.25, 0.3) is 0 Å². The molecule has 2 aromatic carbocycles. The lowest BCUT2D eigenvalue weighted by molar-refractivity contribution is -0.113. The molecule has 2 aliphatic heterocycles. The average molecular weight is 388 g/mol. The Labute approximate surface area is 161 Å². The summed E-state index contributed by atoms with van der Waals surface area (Å²) in [6.07, 6.45) is 0. The summed E-state index contributed by atoms with van der Waals surface area (Å²) in [5.74, 6) is 1.21. The van der Waals surface area contributed by atoms with Gasteiger partial charge in [-0.1, -0.05) is 6.07 Å². The van der Waals surface area contributed by atoms with Gasteiger partial charge in [0.25, 0.3) is 6.02 Å². The molecule has 1 unspecified atom stereocenters. The summed E-state index contributed by atoms with van der Waals surface area (Å²) in [6, 6.07) is 11.5. The van der Waals surface area contributed by atoms with Crippen molar-refractivity contribution < 1.29 is 19.0 Å². The molecule has 7 nitrogen and oxygen atoms in total. The lowest BCUT2D eigenvalue weighted by Gasteiger charge is -2.21. The number of nitrogens with zero attached hydrogens (tertiary/aromatic N) is 1. The van der Waals surface area contributed by atoms with Gasteiger partial charge < -0.3 is 24.8 Å². The Balaban J connectivity index is 1.53. The van der Waals surface area contributed by atoms with Crippen LogP contribution in [0.2, 0.25) is 0 Å². The molecule has 0 radical (unpaired) electrons. The first kappa shape index (κ1) is 17.5. The average Bonchev–Trinajstić information content (AvgIpc) is 3.11. The maximum Gasteiger partial charge on any atom is 0.290 e. The van der Waals surface area contributed by atoms with E-state index in [0.717, 1.165) is 28.3 Å². The minimum atomic E-state index is -0.256. The van der Waals surface area contributed by atoms with E-state index in [1.807, 2.05) is 30.3 Å². The maximum atomic E-state index is 11.4. The first-order chi connectivity index (χ1) is 13.2. The van der Waals surface area contributed by atoms with Gasteiger partial charge in [-0.3, -0.25) is 4.79 Å². The van der Waals surface area contributed by atoms with Gasteiger partial charge in [0, 0.05) is 11.3 Å². The molecular weight excluding hydrogens is 370 g/mol. The van der Waals surface area contributed by atoms with E-state index in [2.05, 4.69) is 15.6 Å². The number of halogens is 1. The van der Waals surface area contributed by atoms with Crippen molar-refractivity contribution in [2.45, 2.75) is 12.6 Å². The zero-order chi connectivity index (χ0) is 18.8. The van der Waals surface area contributed by atoms with Crippen LogP contribution in [-0.4, -0.2) is 31.5 Å². The van der Waals surface area contributed by atoms with E-state index in [4.69, 9.17) is 25.8 Å². The summed E-state index contributed by atoms with van der Waals surface area (Å²) >= 11 is 5.52. The number of amides is 1. The van der Waals surface area contributed by atoms with Crippen molar-refractivity contribution in [3.8, 4) is 11.5 Å². The molecule has 0 saturated heterocycles. The van der Waals surface area contributed by atoms with Crippen molar-refractivity contribution in [2.75, 3.05) is 24.9 Å². The first-order valence-electron chi connectivity index (χ1n) is 8.44. The van der Waals surface area contributed by atoms with Gasteiger partial charge >= 0.3 is 0 Å². The van der Waals surface area contributed by atoms with Crippen molar-refractivity contribution >= 4 is 34.9 Å². The molecule has 0 aliphatic carbocycles. The van der Waals surface area contributed by atoms with Crippen LogP contribution in [-0.2, 0) is 16.1 Å². The van der Waals surface area contributed by atoms with E-state index in [0.29, 0.717) is 24.9 Å². The third-order valence-electron chi connectivity index (χ3n) is 4.37. The third kappa shape index (κ3) is 3.50. The molecule has 0 fully saturated rings. The van der Waals surface area contributed by atoms with Crippen molar-refractivity contribution in [1.29, 1.82) is 0 Å². The van der Waals surface area contributed by atoms with E-state index in [9.17, 15) is 4.79 Å². The van der Waals surface area contributed by atoms with E-state index < -0.39 is 0 Å². The van der Waals surface area contributed by atoms with Gasteiger partial charge in [-0.05, 0) is 30.3 Å². The number of alkyl halides is 1. The van der Waals surface area contributed by atoms with Crippen LogP contribution >= 0.6 is 11.6 Å². The highest BCUT2D eigenvalue weighted by Crippen LogP contribution is 2.39. The van der Waals surface area contributed by atoms with Crippen LogP contribution < -0.4 is 20.1 Å². The number of rotatable bonds is 4. The van der Waals surface area contributed by atoms with Crippen LogP contribution in [0.15, 0.2) is 41.4 Å². The summed E-state index contributed by atoms with van der Waals surface area (Å²) in [7, 11) is 1.64. The highest BCUT2D eigenvalue weighted by Gasteiger charge is 2.29. The van der Waals surface area contributed by atoms with Gasteiger partial charge in [0.15, 0.2) is 0 Å². The third-order valence-corrected chi connectivity index (χ3v) is 4.61. The number of aliphatic imine (C=N–C) groups is 1. The van der Waals surface area contributed by atoms with Crippen LogP contribution in [0.1, 0.15) is 17.2 Å². The van der Waals surface area contributed by atoms with Crippen LogP contribution in [0.5, 0.6) is 11.5 Å². The Morgan fingerprint density at radius 1 is 1.33 bits per heavy atom. The number of anilines is 1. The molecule has 0 aromatic heterocycles. The zero-order valence-corrected chi connectivity index (χ0v) is 15.4. The molecule has 0 spiro atoms. The zero-order valence-electron chi connectivity index (χ0n) is 14.6. The largest absolute Gasteiger partial charge is 0.496 e. The fourth-order valence-corrected chi connectivity index (χ4v) is 3.20. The van der Waals surface area contributed by atoms with Gasteiger partial charge in [-0.2, -0.15) is 4.99 Å². The molecule has 0 bridgehead atoms. The number of fused-ring (bicyclic) bond motifs is 2. The minimum absolute atomic E-state index is 0.0891. The Morgan fingerprint density at radius 2 is 2.22 bits per heavy atom. The van der Waals surface area contributed by atoms with Crippen molar-refractivity contribution in [2.24, 2.45) is 4.99 Å². The van der Waals surface area contributed by atoms with Gasteiger partial charge in [-0.25, -0.2) is 0 Å². The molecule has 140 valence electrons. The topological polar surface area (TPSA) is 81.2 Å². The Hall–Kier alpha value is -2.93. The molecule has 4 rings (SSSR count). The van der Waals surface area contributed by atoms with E-state index in [-0.39, 0.29) is 17.8 Å². The van der Waals surface area contributed by atoms with Crippen LogP contribution in [0.4, 0.5) is 11.4 Å². The number of methoxy groups -OCH3 is 1. The van der Waals surface area contributed by atoms with E-state index in [1.54, 1.807) is 13.2 Å². The molecule has 8 heteroatoms. The fourth-order valence-electron chi connectivity index (χ4n) is 3.13. The quantitative estimate of drug-likeness (QED) is 0.788. The Morgan fingerprint density at radius 3 is 3.04 bits per heavy atom. The van der Waals surface area contributed by atoms with Gasteiger partial charge in [0.2, 0.25) is 5.91 Å². The SMILES string of the molecule is COc1cccc2c1C(NC1=Nc3ccc(NC(=O)CCl)cc3CO1)CO2. The standard InChI is InChI=1S/C19H18ClN3O4/c1-25-15-3-2-4-16-18(15)14(10-26-16)23-19-22-13-6-5-12(21-17(24)8-20)7-11(13)9-27-19/h2-7,14H,8-10H2,1H3,(H,21,24)(H,22,23). The minimum Gasteiger partial charge on any atom is -0.496 e. The molecule has 2 aliphatic rings. The Kier molecular flexibility index (Phi) is 4.77. The number of hydrogen-bond acceptors (Lipinski definition) is 6. The number of benzene rings is 2. The Bertz CT molecular complexity index is 916. The highest BCUT2D eigenvalue weighted by molar-refractivity contribution is 6.29. The number of ether oxygens (including phenoxy) is 3. The fraction of sp³-hybridized carbons (Fsp3) is 0.263. The lowest BCUT2D eigenvalue weighted by Crippen LogP contribution is -2.32. The smallest absolute Gasteiger partial charge is 0.290 e. The molecule has 1 amide bonds. The lowest BCUT2D eigenvalue weighted by atomic mass is 10.1. The van der Waals surface area contributed by atoms with Gasteiger partial charge in [0.05, 0.1) is 24.4 Å². The van der Waals surface area contributed by atoms with E-state index >= 15 is 0 Å². The molecule has 2 heterocycles. The van der Waals surface area contributed by atoms with Crippen LogP contribution in [0, 0.1) is 0 Å². The van der Waals surface area contributed by atoms with Crippen LogP contribution in [0.3, 0.4) is 0 Å². The van der Waals surface area contributed by atoms with Gasteiger partial charge in [0.1, 0.15) is 30.6 Å². The second-order valence-electron chi connectivity index (χ2n) is 6.11. The molecule has 2 aromatic rings. The van der Waals surface area contributed by atoms with E-state index in [1.165, 1.54) is 0 Å². The number of amidine groups is 1. The second kappa shape index (κ2) is 7.36. The number of carbonyl (C=O) groups excluding carboxylic acids is 1. The summed E-state index contributed by atoms with van der Waals surface area (Å²) in [5.41, 5.74) is 3.29. The van der Waals surface area contributed by atoms with Crippen molar-refractivity contribution in [3.63, 3.8) is 0 Å². The number of carbonyl (C=O) groups is 1. The molecule has 1 atom stereocenters. The summed E-state index contributed by atoms with van der Waals surface area (Å²) < 4.78 is 16.9. The predicted octanol–water partition coefficient (Wildman–Crippen LogP) is 3.11. The number of hydrogen-bond donors (Lipinski definition) is 2. The second-order valence-corrected chi connectivity index (χ2v) is 6.38. The molecular formula is C19H18ClN3O4. The predicted molar refractivity (Wildman–Crippen MR) is 102 cm³/mol. The molecule has 0 saturated carbocycles. The highest BCUT2D eigenvalue weighted by atomic mass is 35.5. The number of nitrogens with one attached hydrogen (secondary N) is 2.